The molecule has 0 aliphatic carbocycles. The van der Waals surface area contributed by atoms with Crippen LogP contribution in [0, 0.1) is 13.8 Å². The molecule has 0 N–H and O–H groups in total. The van der Waals surface area contributed by atoms with Gasteiger partial charge in [-0.25, -0.2) is 9.97 Å². The van der Waals surface area contributed by atoms with Crippen LogP contribution in [0.15, 0.2) is 42.6 Å². The summed E-state index contributed by atoms with van der Waals surface area (Å²) in [6, 6.07) is 11.9. The van der Waals surface area contributed by atoms with Crippen LogP contribution in [0.2, 0.25) is 0 Å². The van der Waals surface area contributed by atoms with Gasteiger partial charge in [0.2, 0.25) is 0 Å². The molecule has 0 unspecified atom stereocenters. The fourth-order valence-electron chi connectivity index (χ4n) is 3.67. The Balaban J connectivity index is 1.32. The molecule has 7 heteroatoms. The van der Waals surface area contributed by atoms with Gasteiger partial charge in [-0.3, -0.25) is 9.78 Å². The summed E-state index contributed by atoms with van der Waals surface area (Å²) in [4.78, 5) is 30.8. The molecule has 29 heavy (non-hydrogen) atoms. The van der Waals surface area contributed by atoms with Crippen molar-refractivity contribution in [2.45, 2.75) is 13.8 Å². The van der Waals surface area contributed by atoms with Gasteiger partial charge in [-0.05, 0) is 43.2 Å². The predicted octanol–water partition coefficient (Wildman–Crippen LogP) is 3.82. The molecule has 1 aliphatic heterocycles. The van der Waals surface area contributed by atoms with Gasteiger partial charge in [0, 0.05) is 26.2 Å². The second kappa shape index (κ2) is 7.08. The minimum absolute atomic E-state index is 0.0568. The van der Waals surface area contributed by atoms with Gasteiger partial charge in [0.1, 0.15) is 5.69 Å². The molecular formula is C22H21N5OS. The zero-order valence-electron chi connectivity index (χ0n) is 16.4. The number of para-hydroxylation sites is 2. The SMILES string of the molecule is Cc1ccc2sc(N3CCN(C(=O)c4cnc5ccccc5n4)CC3)nc2c1C. The molecule has 2 aromatic carbocycles. The van der Waals surface area contributed by atoms with Crippen molar-refractivity contribution in [2.75, 3.05) is 31.1 Å². The lowest BCUT2D eigenvalue weighted by Crippen LogP contribution is -2.49. The molecule has 0 radical (unpaired) electrons. The van der Waals surface area contributed by atoms with Crippen molar-refractivity contribution < 1.29 is 4.79 Å². The van der Waals surface area contributed by atoms with Crippen LogP contribution in [0.3, 0.4) is 0 Å². The van der Waals surface area contributed by atoms with Crippen molar-refractivity contribution in [3.05, 3.63) is 59.4 Å². The number of carbonyl (C=O) groups excluding carboxylic acids is 1. The fourth-order valence-corrected chi connectivity index (χ4v) is 4.75. The van der Waals surface area contributed by atoms with Gasteiger partial charge in [0.25, 0.3) is 5.91 Å². The minimum atomic E-state index is -0.0568. The highest BCUT2D eigenvalue weighted by atomic mass is 32.1. The largest absolute Gasteiger partial charge is 0.345 e. The van der Waals surface area contributed by atoms with Crippen molar-refractivity contribution in [3.8, 4) is 0 Å². The number of aromatic nitrogens is 3. The molecule has 0 spiro atoms. The maximum atomic E-state index is 12.9. The summed E-state index contributed by atoms with van der Waals surface area (Å²) in [5, 5.41) is 1.03. The Kier molecular flexibility index (Phi) is 4.39. The first-order valence-corrected chi connectivity index (χ1v) is 10.5. The number of aryl methyl sites for hydroxylation is 2. The molecule has 1 saturated heterocycles. The first-order chi connectivity index (χ1) is 14.1. The van der Waals surface area contributed by atoms with Crippen LogP contribution in [-0.2, 0) is 0 Å². The highest BCUT2D eigenvalue weighted by Gasteiger charge is 2.25. The summed E-state index contributed by atoms with van der Waals surface area (Å²) < 4.78 is 1.22. The van der Waals surface area contributed by atoms with Crippen molar-refractivity contribution in [3.63, 3.8) is 0 Å². The monoisotopic (exact) mass is 403 g/mol. The Bertz CT molecular complexity index is 1230. The topological polar surface area (TPSA) is 62.2 Å². The van der Waals surface area contributed by atoms with Crippen molar-refractivity contribution in [1.82, 2.24) is 19.9 Å². The number of benzene rings is 2. The second-order valence-corrected chi connectivity index (χ2v) is 8.38. The number of amides is 1. The molecule has 1 aliphatic rings. The minimum Gasteiger partial charge on any atom is -0.345 e. The second-order valence-electron chi connectivity index (χ2n) is 7.37. The standard InChI is InChI=1S/C22H21N5OS/c1-14-7-8-19-20(15(14)2)25-22(29-19)27-11-9-26(10-12-27)21(28)18-13-23-16-5-3-4-6-17(16)24-18/h3-8,13H,9-12H2,1-2H3. The van der Waals surface area contributed by atoms with Crippen molar-refractivity contribution in [1.29, 1.82) is 0 Å². The van der Waals surface area contributed by atoms with Gasteiger partial charge in [-0.1, -0.05) is 29.5 Å². The van der Waals surface area contributed by atoms with E-state index in [1.807, 2.05) is 29.2 Å². The number of carbonyl (C=O) groups is 1. The third-order valence-electron chi connectivity index (χ3n) is 5.58. The smallest absolute Gasteiger partial charge is 0.274 e. The number of thiazole rings is 1. The lowest BCUT2D eigenvalue weighted by atomic mass is 10.1. The van der Waals surface area contributed by atoms with Gasteiger partial charge >= 0.3 is 0 Å². The zero-order valence-corrected chi connectivity index (χ0v) is 17.2. The normalized spacial score (nSPS) is 14.7. The lowest BCUT2D eigenvalue weighted by molar-refractivity contribution is 0.0741. The van der Waals surface area contributed by atoms with Crippen LogP contribution in [-0.4, -0.2) is 51.9 Å². The van der Waals surface area contributed by atoms with Gasteiger partial charge in [0.15, 0.2) is 5.13 Å². The van der Waals surface area contributed by atoms with Crippen LogP contribution < -0.4 is 4.90 Å². The molecule has 6 nitrogen and oxygen atoms in total. The van der Waals surface area contributed by atoms with Crippen molar-refractivity contribution in [2.24, 2.45) is 0 Å². The number of rotatable bonds is 2. The summed E-state index contributed by atoms with van der Waals surface area (Å²) >= 11 is 1.72. The molecule has 146 valence electrons. The fraction of sp³-hybridized carbons (Fsp3) is 0.273. The average molecular weight is 404 g/mol. The number of hydrogen-bond donors (Lipinski definition) is 0. The van der Waals surface area contributed by atoms with E-state index >= 15 is 0 Å². The van der Waals surface area contributed by atoms with E-state index in [0.29, 0.717) is 18.8 Å². The summed E-state index contributed by atoms with van der Waals surface area (Å²) in [6.07, 6.45) is 1.58. The summed E-state index contributed by atoms with van der Waals surface area (Å²) in [5.74, 6) is -0.0568. The summed E-state index contributed by atoms with van der Waals surface area (Å²) in [7, 11) is 0. The highest BCUT2D eigenvalue weighted by Crippen LogP contribution is 2.32. The number of fused-ring (bicyclic) bond motifs is 2. The van der Waals surface area contributed by atoms with E-state index in [1.54, 1.807) is 17.5 Å². The predicted molar refractivity (Wildman–Crippen MR) is 117 cm³/mol. The molecule has 1 fully saturated rings. The first-order valence-electron chi connectivity index (χ1n) is 9.73. The van der Waals surface area contributed by atoms with Crippen LogP contribution in [0.5, 0.6) is 0 Å². The van der Waals surface area contributed by atoms with Crippen LogP contribution in [0.25, 0.3) is 21.3 Å². The van der Waals surface area contributed by atoms with E-state index in [-0.39, 0.29) is 5.91 Å². The third kappa shape index (κ3) is 3.21. The third-order valence-corrected chi connectivity index (χ3v) is 6.66. The highest BCUT2D eigenvalue weighted by molar-refractivity contribution is 7.22. The Hall–Kier alpha value is -3.06. The maximum Gasteiger partial charge on any atom is 0.274 e. The van der Waals surface area contributed by atoms with Gasteiger partial charge in [-0.15, -0.1) is 0 Å². The Morgan fingerprint density at radius 1 is 0.966 bits per heavy atom. The van der Waals surface area contributed by atoms with E-state index in [1.165, 1.54) is 15.8 Å². The number of hydrogen-bond acceptors (Lipinski definition) is 6. The van der Waals surface area contributed by atoms with Gasteiger partial charge in [0.05, 0.1) is 27.4 Å². The molecule has 5 rings (SSSR count). The Morgan fingerprint density at radius 2 is 1.72 bits per heavy atom. The Morgan fingerprint density at radius 3 is 2.52 bits per heavy atom. The van der Waals surface area contributed by atoms with Crippen molar-refractivity contribution >= 4 is 43.6 Å². The molecule has 2 aromatic heterocycles. The number of piperazine rings is 1. The summed E-state index contributed by atoms with van der Waals surface area (Å²) in [6.45, 7) is 7.09. The van der Waals surface area contributed by atoms with Gasteiger partial charge < -0.3 is 9.80 Å². The molecule has 0 saturated carbocycles. The zero-order chi connectivity index (χ0) is 20.0. The first kappa shape index (κ1) is 18.0. The lowest BCUT2D eigenvalue weighted by Gasteiger charge is -2.34. The molecule has 0 atom stereocenters. The molecule has 4 aromatic rings. The number of nitrogens with zero attached hydrogens (tertiary/aromatic N) is 5. The molecular weight excluding hydrogens is 382 g/mol. The molecule has 1 amide bonds. The molecule has 3 heterocycles. The number of anilines is 1. The van der Waals surface area contributed by atoms with E-state index in [9.17, 15) is 4.79 Å². The Labute approximate surface area is 172 Å². The van der Waals surface area contributed by atoms with E-state index in [4.69, 9.17) is 4.98 Å². The molecule has 0 bridgehead atoms. The van der Waals surface area contributed by atoms with E-state index in [0.717, 1.165) is 34.8 Å². The average Bonchev–Trinajstić information content (AvgIpc) is 3.21. The van der Waals surface area contributed by atoms with Crippen LogP contribution in [0.4, 0.5) is 5.13 Å². The van der Waals surface area contributed by atoms with E-state index in [2.05, 4.69) is 40.8 Å². The van der Waals surface area contributed by atoms with Crippen LogP contribution >= 0.6 is 11.3 Å². The van der Waals surface area contributed by atoms with Gasteiger partial charge in [-0.2, -0.15) is 0 Å². The maximum absolute atomic E-state index is 12.9. The quantitative estimate of drug-likeness (QED) is 0.509. The van der Waals surface area contributed by atoms with Crippen LogP contribution in [0.1, 0.15) is 21.6 Å². The summed E-state index contributed by atoms with van der Waals surface area (Å²) in [5.41, 5.74) is 5.56. The van der Waals surface area contributed by atoms with E-state index < -0.39 is 0 Å².